The Kier molecular flexibility index (Phi) is 3.61. The van der Waals surface area contributed by atoms with Gasteiger partial charge in [-0.1, -0.05) is 66.7 Å². The number of ether oxygens (including phenoxy) is 1. The first-order valence-electron chi connectivity index (χ1n) is 7.17. The van der Waals surface area contributed by atoms with Gasteiger partial charge in [0.25, 0.3) is 0 Å². The van der Waals surface area contributed by atoms with Crippen LogP contribution in [-0.2, 0) is 14.9 Å². The number of esters is 1. The summed E-state index contributed by atoms with van der Waals surface area (Å²) < 4.78 is 5.09. The zero-order valence-electron chi connectivity index (χ0n) is 12.1. The highest BCUT2D eigenvalue weighted by molar-refractivity contribution is 5.90. The molecule has 106 valence electrons. The van der Waals surface area contributed by atoms with Crippen LogP contribution in [0.25, 0.3) is 5.57 Å². The maximum Gasteiger partial charge on any atom is 0.320 e. The first-order chi connectivity index (χ1) is 10.3. The Labute approximate surface area is 125 Å². The topological polar surface area (TPSA) is 26.3 Å². The fourth-order valence-corrected chi connectivity index (χ4v) is 3.08. The molecule has 21 heavy (non-hydrogen) atoms. The number of hydrogen-bond acceptors (Lipinski definition) is 2. The maximum absolute atomic E-state index is 12.4. The Balaban J connectivity index is 2.08. The lowest BCUT2D eigenvalue weighted by atomic mass is 9.80. The van der Waals surface area contributed by atoms with Crippen LogP contribution in [0, 0.1) is 0 Å². The largest absolute Gasteiger partial charge is 0.468 e. The minimum atomic E-state index is -0.652. The van der Waals surface area contributed by atoms with E-state index in [1.54, 1.807) is 0 Å². The van der Waals surface area contributed by atoms with Crippen LogP contribution in [0.1, 0.15) is 24.0 Å². The summed E-state index contributed by atoms with van der Waals surface area (Å²) in [6.07, 6.45) is 3.73. The average molecular weight is 278 g/mol. The Morgan fingerprint density at radius 2 is 1.62 bits per heavy atom. The SMILES string of the molecule is COC(=O)C1(c2ccccc2)C=C(c2ccccc2)CC1. The standard InChI is InChI=1S/C19H18O2/c1-21-18(20)19(17-10-6-3-7-11-17)13-12-16(14-19)15-8-4-2-5-9-15/h2-11,14H,12-13H2,1H3. The van der Waals surface area contributed by atoms with Crippen molar-refractivity contribution >= 4 is 11.5 Å². The molecule has 0 radical (unpaired) electrons. The smallest absolute Gasteiger partial charge is 0.320 e. The number of allylic oxidation sites excluding steroid dienone is 1. The molecule has 1 unspecified atom stereocenters. The molecule has 0 heterocycles. The van der Waals surface area contributed by atoms with E-state index in [-0.39, 0.29) is 5.97 Å². The van der Waals surface area contributed by atoms with Crippen LogP contribution in [0.2, 0.25) is 0 Å². The molecule has 0 saturated carbocycles. The van der Waals surface area contributed by atoms with Gasteiger partial charge in [0.2, 0.25) is 0 Å². The summed E-state index contributed by atoms with van der Waals surface area (Å²) >= 11 is 0. The minimum absolute atomic E-state index is 0.181. The highest BCUT2D eigenvalue weighted by Crippen LogP contribution is 2.43. The van der Waals surface area contributed by atoms with Gasteiger partial charge in [0, 0.05) is 0 Å². The molecule has 0 N–H and O–H groups in total. The van der Waals surface area contributed by atoms with E-state index >= 15 is 0 Å². The van der Waals surface area contributed by atoms with Crippen LogP contribution < -0.4 is 0 Å². The van der Waals surface area contributed by atoms with E-state index in [0.29, 0.717) is 0 Å². The molecule has 1 aliphatic carbocycles. The zero-order chi connectivity index (χ0) is 14.7. The molecule has 0 bridgehead atoms. The summed E-state index contributed by atoms with van der Waals surface area (Å²) in [5.74, 6) is -0.181. The van der Waals surface area contributed by atoms with E-state index < -0.39 is 5.41 Å². The van der Waals surface area contributed by atoms with E-state index in [2.05, 4.69) is 18.2 Å². The second-order valence-electron chi connectivity index (χ2n) is 5.36. The fraction of sp³-hybridized carbons (Fsp3) is 0.211. The monoisotopic (exact) mass is 278 g/mol. The minimum Gasteiger partial charge on any atom is -0.468 e. The van der Waals surface area contributed by atoms with Crippen molar-refractivity contribution in [3.05, 3.63) is 77.9 Å². The van der Waals surface area contributed by atoms with Crippen LogP contribution in [0.4, 0.5) is 0 Å². The quantitative estimate of drug-likeness (QED) is 0.794. The van der Waals surface area contributed by atoms with Crippen LogP contribution in [-0.4, -0.2) is 13.1 Å². The van der Waals surface area contributed by atoms with Gasteiger partial charge >= 0.3 is 5.97 Å². The molecular formula is C19H18O2. The van der Waals surface area contributed by atoms with Gasteiger partial charge in [-0.05, 0) is 29.5 Å². The number of methoxy groups -OCH3 is 1. The summed E-state index contributed by atoms with van der Waals surface area (Å²) in [7, 11) is 1.46. The lowest BCUT2D eigenvalue weighted by molar-refractivity contribution is -0.145. The molecule has 3 rings (SSSR count). The second-order valence-corrected chi connectivity index (χ2v) is 5.36. The van der Waals surface area contributed by atoms with Crippen molar-refractivity contribution in [1.82, 2.24) is 0 Å². The molecule has 0 fully saturated rings. The highest BCUT2D eigenvalue weighted by atomic mass is 16.5. The third-order valence-corrected chi connectivity index (χ3v) is 4.19. The zero-order valence-corrected chi connectivity index (χ0v) is 12.1. The van der Waals surface area contributed by atoms with Crippen molar-refractivity contribution in [2.75, 3.05) is 7.11 Å². The van der Waals surface area contributed by atoms with Crippen molar-refractivity contribution in [1.29, 1.82) is 0 Å². The van der Waals surface area contributed by atoms with Gasteiger partial charge < -0.3 is 4.74 Å². The van der Waals surface area contributed by atoms with Gasteiger partial charge in [-0.3, -0.25) is 4.79 Å². The van der Waals surface area contributed by atoms with Crippen molar-refractivity contribution in [2.24, 2.45) is 0 Å². The van der Waals surface area contributed by atoms with Gasteiger partial charge in [0.1, 0.15) is 5.41 Å². The van der Waals surface area contributed by atoms with E-state index in [0.717, 1.165) is 18.4 Å². The van der Waals surface area contributed by atoms with Crippen LogP contribution in [0.15, 0.2) is 66.7 Å². The normalized spacial score (nSPS) is 20.9. The molecule has 2 nitrogen and oxygen atoms in total. The molecule has 0 aromatic heterocycles. The van der Waals surface area contributed by atoms with Crippen LogP contribution >= 0.6 is 0 Å². The molecule has 2 aromatic rings. The molecular weight excluding hydrogens is 260 g/mol. The van der Waals surface area contributed by atoms with Crippen LogP contribution in [0.5, 0.6) is 0 Å². The van der Waals surface area contributed by atoms with Crippen molar-refractivity contribution in [3.8, 4) is 0 Å². The Morgan fingerprint density at radius 3 is 2.24 bits per heavy atom. The molecule has 1 atom stereocenters. The number of rotatable bonds is 3. The predicted octanol–water partition coefficient (Wildman–Crippen LogP) is 3.97. The molecule has 0 saturated heterocycles. The Morgan fingerprint density at radius 1 is 1.00 bits per heavy atom. The van der Waals surface area contributed by atoms with Gasteiger partial charge in [0.05, 0.1) is 7.11 Å². The summed E-state index contributed by atoms with van der Waals surface area (Å²) in [5.41, 5.74) is 2.74. The molecule has 0 amide bonds. The van der Waals surface area contributed by atoms with Crippen LogP contribution in [0.3, 0.4) is 0 Å². The molecule has 2 aromatic carbocycles. The third kappa shape index (κ3) is 2.38. The maximum atomic E-state index is 12.4. The third-order valence-electron chi connectivity index (χ3n) is 4.19. The lowest BCUT2D eigenvalue weighted by Gasteiger charge is -2.24. The number of carbonyl (C=O) groups is 1. The first kappa shape index (κ1) is 13.6. The number of carbonyl (C=O) groups excluding carboxylic acids is 1. The fourth-order valence-electron chi connectivity index (χ4n) is 3.08. The van der Waals surface area contributed by atoms with E-state index in [1.165, 1.54) is 18.2 Å². The summed E-state index contributed by atoms with van der Waals surface area (Å²) in [6.45, 7) is 0. The lowest BCUT2D eigenvalue weighted by Crippen LogP contribution is -2.33. The molecule has 1 aliphatic rings. The van der Waals surface area contributed by atoms with Gasteiger partial charge in [-0.2, -0.15) is 0 Å². The number of benzene rings is 2. The Bertz CT molecular complexity index is 658. The van der Waals surface area contributed by atoms with Gasteiger partial charge in [-0.15, -0.1) is 0 Å². The Hall–Kier alpha value is -2.35. The second kappa shape index (κ2) is 5.57. The predicted molar refractivity (Wildman–Crippen MR) is 83.8 cm³/mol. The van der Waals surface area contributed by atoms with Crippen molar-refractivity contribution in [2.45, 2.75) is 18.3 Å². The van der Waals surface area contributed by atoms with E-state index in [1.807, 2.05) is 48.5 Å². The van der Waals surface area contributed by atoms with Crippen molar-refractivity contribution in [3.63, 3.8) is 0 Å². The summed E-state index contributed by atoms with van der Waals surface area (Å²) in [6, 6.07) is 20.1. The molecule has 0 spiro atoms. The van der Waals surface area contributed by atoms with Gasteiger partial charge in [-0.25, -0.2) is 0 Å². The van der Waals surface area contributed by atoms with Gasteiger partial charge in [0.15, 0.2) is 0 Å². The average Bonchev–Trinajstić information content (AvgIpc) is 3.02. The van der Waals surface area contributed by atoms with E-state index in [4.69, 9.17) is 4.74 Å². The van der Waals surface area contributed by atoms with E-state index in [9.17, 15) is 4.79 Å². The summed E-state index contributed by atoms with van der Waals surface area (Å²) in [4.78, 5) is 12.4. The van der Waals surface area contributed by atoms with Crippen molar-refractivity contribution < 1.29 is 9.53 Å². The summed E-state index contributed by atoms with van der Waals surface area (Å²) in [5, 5.41) is 0. The first-order valence-corrected chi connectivity index (χ1v) is 7.17. The molecule has 0 aliphatic heterocycles. The molecule has 2 heteroatoms. The number of hydrogen-bond donors (Lipinski definition) is 0. The highest BCUT2D eigenvalue weighted by Gasteiger charge is 2.43.